The number of hydrogen-bond donors (Lipinski definition) is 1. The minimum atomic E-state index is -0.369. The zero-order valence-corrected chi connectivity index (χ0v) is 18.8. The maximum absolute atomic E-state index is 12.7. The second-order valence-corrected chi connectivity index (χ2v) is 7.89. The van der Waals surface area contributed by atoms with Gasteiger partial charge >= 0.3 is 0 Å². The van der Waals surface area contributed by atoms with E-state index < -0.39 is 0 Å². The van der Waals surface area contributed by atoms with Gasteiger partial charge < -0.3 is 19.7 Å². The van der Waals surface area contributed by atoms with Crippen LogP contribution in [-0.2, 0) is 22.6 Å². The number of benzene rings is 2. The predicted octanol–water partition coefficient (Wildman–Crippen LogP) is 4.11. The molecule has 1 aromatic heterocycles. The van der Waals surface area contributed by atoms with E-state index in [0.717, 1.165) is 23.2 Å². The van der Waals surface area contributed by atoms with Crippen molar-refractivity contribution in [3.05, 3.63) is 78.0 Å². The lowest BCUT2D eigenvalue weighted by atomic mass is 10.1. The number of ether oxygens (including phenoxy) is 2. The molecular formula is C26H27N3O4. The van der Waals surface area contributed by atoms with Gasteiger partial charge in [0.15, 0.2) is 0 Å². The fraction of sp³-hybridized carbons (Fsp3) is 0.269. The SMILES string of the molecule is CCc1ccccc1N1CC(C(=O)NCc2ccc(Oc3cccc(OC)c3)nc2)CC1=O. The second-order valence-electron chi connectivity index (χ2n) is 7.89. The van der Waals surface area contributed by atoms with Gasteiger partial charge in [-0.1, -0.05) is 37.3 Å². The van der Waals surface area contributed by atoms with Crippen LogP contribution in [0.5, 0.6) is 17.4 Å². The first-order valence-electron chi connectivity index (χ1n) is 11.0. The number of aryl methyl sites for hydroxylation is 1. The third kappa shape index (κ3) is 5.31. The number of pyridine rings is 1. The number of aromatic nitrogens is 1. The molecule has 33 heavy (non-hydrogen) atoms. The topological polar surface area (TPSA) is 80.8 Å². The highest BCUT2D eigenvalue weighted by Crippen LogP contribution is 2.29. The molecule has 170 valence electrons. The fourth-order valence-corrected chi connectivity index (χ4v) is 3.88. The van der Waals surface area contributed by atoms with Gasteiger partial charge in [0.05, 0.1) is 13.0 Å². The summed E-state index contributed by atoms with van der Waals surface area (Å²) in [4.78, 5) is 31.3. The first kappa shape index (κ1) is 22.3. The van der Waals surface area contributed by atoms with Crippen LogP contribution < -0.4 is 19.7 Å². The van der Waals surface area contributed by atoms with Crippen molar-refractivity contribution in [2.45, 2.75) is 26.3 Å². The van der Waals surface area contributed by atoms with Crippen LogP contribution in [-0.4, -0.2) is 30.5 Å². The molecule has 4 rings (SSSR count). The van der Waals surface area contributed by atoms with Gasteiger partial charge in [0, 0.05) is 43.5 Å². The minimum absolute atomic E-state index is 0.0169. The lowest BCUT2D eigenvalue weighted by Gasteiger charge is -2.20. The number of nitrogens with one attached hydrogen (secondary N) is 1. The molecule has 1 atom stereocenters. The van der Waals surface area contributed by atoms with Crippen LogP contribution in [0.25, 0.3) is 0 Å². The second kappa shape index (κ2) is 10.2. The Morgan fingerprint density at radius 3 is 2.70 bits per heavy atom. The number of para-hydroxylation sites is 1. The summed E-state index contributed by atoms with van der Waals surface area (Å²) < 4.78 is 10.9. The zero-order chi connectivity index (χ0) is 23.2. The van der Waals surface area contributed by atoms with Gasteiger partial charge in [-0.05, 0) is 35.7 Å². The molecule has 0 radical (unpaired) electrons. The highest BCUT2D eigenvalue weighted by Gasteiger charge is 2.35. The number of carbonyl (C=O) groups excluding carboxylic acids is 2. The molecule has 0 spiro atoms. The largest absolute Gasteiger partial charge is 0.497 e. The van der Waals surface area contributed by atoms with Gasteiger partial charge in [0.25, 0.3) is 0 Å². The van der Waals surface area contributed by atoms with Crippen LogP contribution in [0.15, 0.2) is 66.9 Å². The van der Waals surface area contributed by atoms with E-state index in [9.17, 15) is 9.59 Å². The van der Waals surface area contributed by atoms with Crippen molar-refractivity contribution < 1.29 is 19.1 Å². The Balaban J connectivity index is 1.32. The molecule has 1 N–H and O–H groups in total. The first-order valence-corrected chi connectivity index (χ1v) is 11.0. The molecule has 7 nitrogen and oxygen atoms in total. The molecule has 2 aromatic carbocycles. The van der Waals surface area contributed by atoms with Crippen molar-refractivity contribution in [2.75, 3.05) is 18.6 Å². The lowest BCUT2D eigenvalue weighted by molar-refractivity contribution is -0.126. The molecule has 0 saturated carbocycles. The van der Waals surface area contributed by atoms with Crippen molar-refractivity contribution in [3.8, 4) is 17.4 Å². The monoisotopic (exact) mass is 445 g/mol. The van der Waals surface area contributed by atoms with E-state index in [-0.39, 0.29) is 24.2 Å². The standard InChI is InChI=1S/C26H27N3O4/c1-3-19-7-4-5-10-23(19)29-17-20(13-25(29)30)26(31)28-16-18-11-12-24(27-15-18)33-22-9-6-8-21(14-22)32-2/h4-12,14-15,20H,3,13,16-17H2,1-2H3,(H,28,31). The highest BCUT2D eigenvalue weighted by atomic mass is 16.5. The first-order chi connectivity index (χ1) is 16.1. The fourth-order valence-electron chi connectivity index (χ4n) is 3.88. The maximum atomic E-state index is 12.7. The average molecular weight is 446 g/mol. The molecule has 7 heteroatoms. The van der Waals surface area contributed by atoms with Crippen molar-refractivity contribution in [2.24, 2.45) is 5.92 Å². The smallest absolute Gasteiger partial charge is 0.227 e. The number of amides is 2. The average Bonchev–Trinajstić information content (AvgIpc) is 3.25. The van der Waals surface area contributed by atoms with E-state index in [0.29, 0.717) is 30.5 Å². The third-order valence-corrected chi connectivity index (χ3v) is 5.69. The Hall–Kier alpha value is -3.87. The molecule has 3 aromatic rings. The summed E-state index contributed by atoms with van der Waals surface area (Å²) in [6.07, 6.45) is 2.72. The molecule has 2 heterocycles. The quantitative estimate of drug-likeness (QED) is 0.564. The molecule has 1 fully saturated rings. The van der Waals surface area contributed by atoms with Crippen LogP contribution in [0, 0.1) is 5.92 Å². The van der Waals surface area contributed by atoms with E-state index in [1.54, 1.807) is 30.3 Å². The molecule has 1 saturated heterocycles. The Kier molecular flexibility index (Phi) is 6.88. The Bertz CT molecular complexity index is 1130. The summed E-state index contributed by atoms with van der Waals surface area (Å²) in [5.74, 6) is 1.27. The zero-order valence-electron chi connectivity index (χ0n) is 18.8. The van der Waals surface area contributed by atoms with Gasteiger partial charge in [0.1, 0.15) is 11.5 Å². The number of carbonyl (C=O) groups is 2. The molecule has 0 bridgehead atoms. The van der Waals surface area contributed by atoms with Crippen LogP contribution in [0.4, 0.5) is 5.69 Å². The van der Waals surface area contributed by atoms with Crippen molar-refractivity contribution in [1.29, 1.82) is 0 Å². The van der Waals surface area contributed by atoms with E-state index in [2.05, 4.69) is 17.2 Å². The maximum Gasteiger partial charge on any atom is 0.227 e. The van der Waals surface area contributed by atoms with Gasteiger partial charge in [0.2, 0.25) is 17.7 Å². The summed E-state index contributed by atoms with van der Waals surface area (Å²) in [6, 6.07) is 18.7. The highest BCUT2D eigenvalue weighted by molar-refractivity contribution is 6.00. The number of hydrogen-bond acceptors (Lipinski definition) is 5. The Labute approximate surface area is 193 Å². The summed E-state index contributed by atoms with van der Waals surface area (Å²) in [5.41, 5.74) is 2.85. The van der Waals surface area contributed by atoms with Gasteiger partial charge in [-0.3, -0.25) is 9.59 Å². The van der Waals surface area contributed by atoms with Crippen LogP contribution in [0.3, 0.4) is 0 Å². The van der Waals surface area contributed by atoms with Crippen LogP contribution >= 0.6 is 0 Å². The summed E-state index contributed by atoms with van der Waals surface area (Å²) in [5, 5.41) is 2.93. The van der Waals surface area contributed by atoms with Crippen LogP contribution in [0.2, 0.25) is 0 Å². The summed E-state index contributed by atoms with van der Waals surface area (Å²) in [6.45, 7) is 2.79. The third-order valence-electron chi connectivity index (χ3n) is 5.69. The molecule has 1 aliphatic heterocycles. The minimum Gasteiger partial charge on any atom is -0.497 e. The van der Waals surface area contributed by atoms with Crippen molar-refractivity contribution >= 4 is 17.5 Å². The lowest BCUT2D eigenvalue weighted by Crippen LogP contribution is -2.32. The number of methoxy groups -OCH3 is 1. The molecule has 1 unspecified atom stereocenters. The molecule has 1 aliphatic rings. The number of nitrogens with zero attached hydrogens (tertiary/aromatic N) is 2. The molecule has 2 amide bonds. The van der Waals surface area contributed by atoms with Crippen molar-refractivity contribution in [1.82, 2.24) is 10.3 Å². The summed E-state index contributed by atoms with van der Waals surface area (Å²) >= 11 is 0. The van der Waals surface area contributed by atoms with Gasteiger partial charge in [-0.25, -0.2) is 4.98 Å². The van der Waals surface area contributed by atoms with Gasteiger partial charge in [-0.15, -0.1) is 0 Å². The van der Waals surface area contributed by atoms with E-state index in [1.165, 1.54) is 0 Å². The Morgan fingerprint density at radius 2 is 1.94 bits per heavy atom. The van der Waals surface area contributed by atoms with Crippen LogP contribution in [0.1, 0.15) is 24.5 Å². The normalized spacial score (nSPS) is 15.4. The number of anilines is 1. The Morgan fingerprint density at radius 1 is 1.12 bits per heavy atom. The number of rotatable bonds is 8. The van der Waals surface area contributed by atoms with Crippen molar-refractivity contribution in [3.63, 3.8) is 0 Å². The van der Waals surface area contributed by atoms with E-state index in [4.69, 9.17) is 9.47 Å². The van der Waals surface area contributed by atoms with E-state index in [1.807, 2.05) is 48.5 Å². The summed E-state index contributed by atoms with van der Waals surface area (Å²) in [7, 11) is 1.60. The van der Waals surface area contributed by atoms with E-state index >= 15 is 0 Å². The predicted molar refractivity (Wildman–Crippen MR) is 125 cm³/mol. The molecule has 0 aliphatic carbocycles. The van der Waals surface area contributed by atoms with Gasteiger partial charge in [-0.2, -0.15) is 0 Å². The molecular weight excluding hydrogens is 418 g/mol.